The zero-order valence-corrected chi connectivity index (χ0v) is 12.7. The van der Waals surface area contributed by atoms with Crippen LogP contribution in [0.4, 0.5) is 5.69 Å². The number of anilines is 1. The van der Waals surface area contributed by atoms with Crippen molar-refractivity contribution in [2.45, 2.75) is 32.0 Å². The number of hydrogen-bond donors (Lipinski definition) is 1. The molecule has 0 aliphatic heterocycles. The first-order valence-corrected chi connectivity index (χ1v) is 7.58. The van der Waals surface area contributed by atoms with Crippen LogP contribution >= 0.6 is 11.8 Å². The summed E-state index contributed by atoms with van der Waals surface area (Å²) < 4.78 is 16.5. The summed E-state index contributed by atoms with van der Waals surface area (Å²) >= 11 is 1.62. The van der Waals surface area contributed by atoms with Crippen LogP contribution in [0.1, 0.15) is 20.8 Å². The fraction of sp³-hybridized carbons (Fsp3) is 0.571. The monoisotopic (exact) mass is 285 g/mol. The van der Waals surface area contributed by atoms with Crippen LogP contribution in [0, 0.1) is 0 Å². The Morgan fingerprint density at radius 2 is 1.79 bits per heavy atom. The summed E-state index contributed by atoms with van der Waals surface area (Å²) in [4.78, 5) is 0.996. The highest BCUT2D eigenvalue weighted by atomic mass is 32.2. The summed E-state index contributed by atoms with van der Waals surface area (Å²) in [6, 6.07) is 5.70. The van der Waals surface area contributed by atoms with E-state index in [1.54, 1.807) is 11.8 Å². The summed E-state index contributed by atoms with van der Waals surface area (Å²) in [5, 5.41) is 0. The molecule has 0 aromatic heterocycles. The second-order valence-corrected chi connectivity index (χ2v) is 4.85. The summed E-state index contributed by atoms with van der Waals surface area (Å²) in [6.07, 6.45) is -0.199. The molecule has 19 heavy (non-hydrogen) atoms. The van der Waals surface area contributed by atoms with E-state index in [-0.39, 0.29) is 6.29 Å². The van der Waals surface area contributed by atoms with Crippen LogP contribution in [0.3, 0.4) is 0 Å². The van der Waals surface area contributed by atoms with E-state index in [1.165, 1.54) is 0 Å². The van der Waals surface area contributed by atoms with Gasteiger partial charge in [-0.1, -0.05) is 0 Å². The molecule has 0 aliphatic rings. The number of ether oxygens (including phenoxy) is 3. The lowest BCUT2D eigenvalue weighted by molar-refractivity contribution is -0.120. The Hall–Kier alpha value is -0.910. The molecule has 0 amide bonds. The fourth-order valence-corrected chi connectivity index (χ4v) is 2.51. The van der Waals surface area contributed by atoms with Gasteiger partial charge in [-0.15, -0.1) is 11.8 Å². The minimum Gasteiger partial charge on any atom is -0.494 e. The van der Waals surface area contributed by atoms with Gasteiger partial charge in [0, 0.05) is 29.5 Å². The average molecular weight is 285 g/mol. The SMILES string of the molecule is CCOc1ccc(N)c(SCC(OCC)OCC)c1. The Balaban J connectivity index is 2.61. The van der Waals surface area contributed by atoms with Crippen LogP contribution in [0.5, 0.6) is 5.75 Å². The lowest BCUT2D eigenvalue weighted by Gasteiger charge is -2.17. The van der Waals surface area contributed by atoms with Gasteiger partial charge in [-0.3, -0.25) is 0 Å². The van der Waals surface area contributed by atoms with Crippen LogP contribution in [0.2, 0.25) is 0 Å². The van der Waals surface area contributed by atoms with Crippen molar-refractivity contribution in [1.29, 1.82) is 0 Å². The van der Waals surface area contributed by atoms with E-state index in [2.05, 4.69) is 0 Å². The van der Waals surface area contributed by atoms with Crippen molar-refractivity contribution >= 4 is 17.4 Å². The van der Waals surface area contributed by atoms with Crippen molar-refractivity contribution in [1.82, 2.24) is 0 Å². The summed E-state index contributed by atoms with van der Waals surface area (Å²) in [5.41, 5.74) is 6.71. The number of rotatable bonds is 9. The van der Waals surface area contributed by atoms with Gasteiger partial charge in [0.05, 0.1) is 6.61 Å². The van der Waals surface area contributed by atoms with E-state index in [0.717, 1.165) is 16.3 Å². The Labute approximate surface area is 119 Å². The third kappa shape index (κ3) is 5.72. The van der Waals surface area contributed by atoms with Gasteiger partial charge in [-0.25, -0.2) is 0 Å². The molecule has 0 bridgehead atoms. The van der Waals surface area contributed by atoms with Crippen molar-refractivity contribution < 1.29 is 14.2 Å². The van der Waals surface area contributed by atoms with E-state index in [1.807, 2.05) is 39.0 Å². The molecule has 5 heteroatoms. The van der Waals surface area contributed by atoms with Gasteiger partial charge >= 0.3 is 0 Å². The van der Waals surface area contributed by atoms with Crippen LogP contribution < -0.4 is 10.5 Å². The van der Waals surface area contributed by atoms with Crippen LogP contribution in [-0.4, -0.2) is 31.9 Å². The molecule has 1 aromatic carbocycles. The van der Waals surface area contributed by atoms with Crippen LogP contribution in [-0.2, 0) is 9.47 Å². The van der Waals surface area contributed by atoms with E-state index in [0.29, 0.717) is 25.6 Å². The molecule has 0 atom stereocenters. The minimum absolute atomic E-state index is 0.199. The van der Waals surface area contributed by atoms with Crippen molar-refractivity contribution in [3.63, 3.8) is 0 Å². The molecule has 4 nitrogen and oxygen atoms in total. The molecule has 108 valence electrons. The highest BCUT2D eigenvalue weighted by Gasteiger charge is 2.10. The number of nitrogen functional groups attached to an aromatic ring is 1. The second kappa shape index (κ2) is 9.07. The molecule has 0 saturated carbocycles. The molecule has 1 aromatic rings. The Morgan fingerprint density at radius 1 is 1.11 bits per heavy atom. The predicted octanol–water partition coefficient (Wildman–Crippen LogP) is 3.16. The third-order valence-electron chi connectivity index (χ3n) is 2.38. The van der Waals surface area contributed by atoms with Crippen molar-refractivity contribution in [2.24, 2.45) is 0 Å². The van der Waals surface area contributed by atoms with E-state index < -0.39 is 0 Å². The molecular weight excluding hydrogens is 262 g/mol. The number of nitrogens with two attached hydrogens (primary N) is 1. The Bertz CT molecular complexity index is 368. The van der Waals surface area contributed by atoms with Gasteiger partial charge < -0.3 is 19.9 Å². The predicted molar refractivity (Wildman–Crippen MR) is 79.8 cm³/mol. The maximum absolute atomic E-state index is 5.96. The molecule has 0 heterocycles. The van der Waals surface area contributed by atoms with E-state index >= 15 is 0 Å². The molecular formula is C14H23NO3S. The maximum Gasteiger partial charge on any atom is 0.166 e. The summed E-state index contributed by atoms with van der Waals surface area (Å²) in [6.45, 7) is 7.80. The lowest BCUT2D eigenvalue weighted by Crippen LogP contribution is -2.20. The summed E-state index contributed by atoms with van der Waals surface area (Å²) in [7, 11) is 0. The maximum atomic E-state index is 5.96. The molecule has 0 spiro atoms. The molecule has 2 N–H and O–H groups in total. The number of benzene rings is 1. The van der Waals surface area contributed by atoms with Crippen molar-refractivity contribution in [3.8, 4) is 5.75 Å². The average Bonchev–Trinajstić information content (AvgIpc) is 2.40. The molecule has 0 fully saturated rings. The minimum atomic E-state index is -0.199. The fourth-order valence-electron chi connectivity index (χ4n) is 1.57. The smallest absolute Gasteiger partial charge is 0.166 e. The standard InChI is InChI=1S/C14H23NO3S/c1-4-16-11-7-8-12(15)13(9-11)19-10-14(17-5-2)18-6-3/h7-9,14H,4-6,10,15H2,1-3H3. The number of thioether (sulfide) groups is 1. The van der Waals surface area contributed by atoms with Gasteiger partial charge in [0.25, 0.3) is 0 Å². The van der Waals surface area contributed by atoms with Gasteiger partial charge in [0.2, 0.25) is 0 Å². The van der Waals surface area contributed by atoms with Crippen molar-refractivity contribution in [2.75, 3.05) is 31.3 Å². The quantitative estimate of drug-likeness (QED) is 0.429. The van der Waals surface area contributed by atoms with Gasteiger partial charge in [0.15, 0.2) is 6.29 Å². The highest BCUT2D eigenvalue weighted by molar-refractivity contribution is 7.99. The lowest BCUT2D eigenvalue weighted by atomic mass is 10.3. The molecule has 1 rings (SSSR count). The molecule has 0 unspecified atom stereocenters. The molecule has 0 aliphatic carbocycles. The van der Waals surface area contributed by atoms with Crippen molar-refractivity contribution in [3.05, 3.63) is 18.2 Å². The van der Waals surface area contributed by atoms with Gasteiger partial charge in [0.1, 0.15) is 5.75 Å². The highest BCUT2D eigenvalue weighted by Crippen LogP contribution is 2.30. The van der Waals surface area contributed by atoms with E-state index in [9.17, 15) is 0 Å². The first-order chi connectivity index (χ1) is 9.21. The van der Waals surface area contributed by atoms with Gasteiger partial charge in [-0.2, -0.15) is 0 Å². The van der Waals surface area contributed by atoms with Crippen LogP contribution in [0.25, 0.3) is 0 Å². The molecule has 0 radical (unpaired) electrons. The first-order valence-electron chi connectivity index (χ1n) is 6.59. The Morgan fingerprint density at radius 3 is 2.37 bits per heavy atom. The zero-order chi connectivity index (χ0) is 14.1. The summed E-state index contributed by atoms with van der Waals surface area (Å²) in [5.74, 6) is 1.55. The zero-order valence-electron chi connectivity index (χ0n) is 11.8. The van der Waals surface area contributed by atoms with E-state index in [4.69, 9.17) is 19.9 Å². The van der Waals surface area contributed by atoms with Crippen LogP contribution in [0.15, 0.2) is 23.1 Å². The molecule has 0 saturated heterocycles. The largest absolute Gasteiger partial charge is 0.494 e. The Kier molecular flexibility index (Phi) is 7.70. The topological polar surface area (TPSA) is 53.7 Å². The second-order valence-electron chi connectivity index (χ2n) is 3.78. The number of hydrogen-bond acceptors (Lipinski definition) is 5. The van der Waals surface area contributed by atoms with Gasteiger partial charge in [-0.05, 0) is 39.0 Å². The first kappa shape index (κ1) is 16.1. The third-order valence-corrected chi connectivity index (χ3v) is 3.48. The normalized spacial score (nSPS) is 10.9.